The molecule has 0 fully saturated rings. The van der Waals surface area contributed by atoms with E-state index in [1.807, 2.05) is 72.8 Å². The summed E-state index contributed by atoms with van der Waals surface area (Å²) in [5.74, 6) is 1.12. The average molecular weight is 413 g/mol. The molecule has 0 spiro atoms. The van der Waals surface area contributed by atoms with E-state index >= 15 is 0 Å². The Kier molecular flexibility index (Phi) is 4.74. The Morgan fingerprint density at radius 2 is 1.83 bits per heavy atom. The predicted molar refractivity (Wildman–Crippen MR) is 115 cm³/mol. The van der Waals surface area contributed by atoms with Gasteiger partial charge in [-0.3, -0.25) is 4.79 Å². The quantitative estimate of drug-likeness (QED) is 0.398. The van der Waals surface area contributed by atoms with Gasteiger partial charge in [-0.05, 0) is 60.3 Å². The first kappa shape index (κ1) is 18.1. The van der Waals surface area contributed by atoms with Crippen molar-refractivity contribution in [2.45, 2.75) is 4.90 Å². The van der Waals surface area contributed by atoms with Crippen molar-refractivity contribution in [1.29, 1.82) is 0 Å². The Balaban J connectivity index is 1.41. The maximum absolute atomic E-state index is 12.4. The monoisotopic (exact) mass is 413 g/mol. The average Bonchev–Trinajstić information content (AvgIpc) is 3.44. The fraction of sp³-hybridized carbons (Fsp3) is 0. The van der Waals surface area contributed by atoms with Crippen molar-refractivity contribution in [3.8, 4) is 22.8 Å². The first-order valence-corrected chi connectivity index (χ1v) is 9.98. The Hall–Kier alpha value is -3.91. The number of thioether (sulfide) groups is 1. The molecule has 5 aromatic rings. The second-order valence-electron chi connectivity index (χ2n) is 6.40. The molecule has 1 N–H and O–H groups in total. The van der Waals surface area contributed by atoms with Crippen LogP contribution in [0.15, 0.2) is 94.4 Å². The summed E-state index contributed by atoms with van der Waals surface area (Å²) in [6.07, 6.45) is 1.58. The number of amides is 1. The molecule has 0 aliphatic rings. The number of hydrogen-bond acceptors (Lipinski definition) is 6. The van der Waals surface area contributed by atoms with Crippen LogP contribution in [0.4, 0.5) is 10.5 Å². The summed E-state index contributed by atoms with van der Waals surface area (Å²) in [5, 5.41) is 15.7. The fourth-order valence-electron chi connectivity index (χ4n) is 3.00. The number of aromatic nitrogens is 4. The molecule has 0 saturated carbocycles. The number of hydrogen-bond donors (Lipinski definition) is 1. The van der Waals surface area contributed by atoms with Gasteiger partial charge in [-0.2, -0.15) is 9.61 Å². The Bertz CT molecular complexity index is 1320. The standard InChI is InChI=1S/C22H15N5O2S/c28-22(30-17-8-2-1-3-9-17)23-16-7-4-6-15(14-16)18-11-12-20-24-25-21(27(20)26-18)19-10-5-13-29-19/h1-14H,(H,23,28). The van der Waals surface area contributed by atoms with Crippen molar-refractivity contribution in [3.05, 3.63) is 85.1 Å². The van der Waals surface area contributed by atoms with Gasteiger partial charge in [0.25, 0.3) is 5.24 Å². The predicted octanol–water partition coefficient (Wildman–Crippen LogP) is 5.38. The molecule has 3 heterocycles. The zero-order valence-corrected chi connectivity index (χ0v) is 16.4. The highest BCUT2D eigenvalue weighted by atomic mass is 32.2. The first-order chi connectivity index (χ1) is 14.8. The summed E-state index contributed by atoms with van der Waals surface area (Å²) in [4.78, 5) is 13.2. The minimum Gasteiger partial charge on any atom is -0.461 e. The molecule has 3 aromatic heterocycles. The molecule has 0 bridgehead atoms. The summed E-state index contributed by atoms with van der Waals surface area (Å²) in [7, 11) is 0. The van der Waals surface area contributed by atoms with E-state index in [0.717, 1.165) is 27.9 Å². The number of carbonyl (C=O) groups excluding carboxylic acids is 1. The van der Waals surface area contributed by atoms with E-state index in [1.54, 1.807) is 16.8 Å². The van der Waals surface area contributed by atoms with Gasteiger partial charge < -0.3 is 9.73 Å². The number of carbonyl (C=O) groups is 1. The van der Waals surface area contributed by atoms with E-state index < -0.39 is 0 Å². The molecule has 30 heavy (non-hydrogen) atoms. The lowest BCUT2D eigenvalue weighted by Crippen LogP contribution is -2.04. The van der Waals surface area contributed by atoms with Gasteiger partial charge in [-0.25, -0.2) is 0 Å². The molecule has 0 saturated heterocycles. The molecule has 146 valence electrons. The van der Waals surface area contributed by atoms with E-state index in [2.05, 4.69) is 20.6 Å². The summed E-state index contributed by atoms with van der Waals surface area (Å²) in [6, 6.07) is 24.4. The van der Waals surface area contributed by atoms with E-state index in [-0.39, 0.29) is 5.24 Å². The van der Waals surface area contributed by atoms with Crippen LogP contribution in [0.25, 0.3) is 28.5 Å². The molecule has 0 aliphatic heterocycles. The van der Waals surface area contributed by atoms with E-state index in [1.165, 1.54) is 0 Å². The normalized spacial score (nSPS) is 10.9. The number of fused-ring (bicyclic) bond motifs is 1. The zero-order chi connectivity index (χ0) is 20.3. The topological polar surface area (TPSA) is 85.3 Å². The molecule has 5 rings (SSSR count). The van der Waals surface area contributed by atoms with Crippen molar-refractivity contribution in [2.75, 3.05) is 5.32 Å². The smallest absolute Gasteiger partial charge is 0.288 e. The number of anilines is 1. The summed E-state index contributed by atoms with van der Waals surface area (Å²) in [6.45, 7) is 0. The molecule has 2 aromatic carbocycles. The number of benzene rings is 2. The number of furan rings is 1. The van der Waals surface area contributed by atoms with Gasteiger partial charge in [-0.1, -0.05) is 30.3 Å². The lowest BCUT2D eigenvalue weighted by Gasteiger charge is -2.07. The maximum atomic E-state index is 12.4. The fourth-order valence-corrected chi connectivity index (χ4v) is 3.67. The van der Waals surface area contributed by atoms with Gasteiger partial charge in [0.2, 0.25) is 5.82 Å². The van der Waals surface area contributed by atoms with E-state index in [9.17, 15) is 4.79 Å². The van der Waals surface area contributed by atoms with Gasteiger partial charge in [0.05, 0.1) is 12.0 Å². The minimum atomic E-state index is -0.152. The molecular formula is C22H15N5O2S. The van der Waals surface area contributed by atoms with Crippen LogP contribution in [0.3, 0.4) is 0 Å². The molecule has 0 aliphatic carbocycles. The highest BCUT2D eigenvalue weighted by Crippen LogP contribution is 2.25. The molecule has 0 atom stereocenters. The molecule has 8 heteroatoms. The largest absolute Gasteiger partial charge is 0.461 e. The highest BCUT2D eigenvalue weighted by molar-refractivity contribution is 8.13. The van der Waals surface area contributed by atoms with Crippen LogP contribution in [0.2, 0.25) is 0 Å². The molecular weight excluding hydrogens is 398 g/mol. The molecule has 0 unspecified atom stereocenters. The van der Waals surface area contributed by atoms with Crippen molar-refractivity contribution in [1.82, 2.24) is 19.8 Å². The Labute approximate surface area is 175 Å². The van der Waals surface area contributed by atoms with Crippen LogP contribution in [-0.2, 0) is 0 Å². The Morgan fingerprint density at radius 1 is 0.933 bits per heavy atom. The third kappa shape index (κ3) is 3.68. The van der Waals surface area contributed by atoms with Crippen molar-refractivity contribution < 1.29 is 9.21 Å². The van der Waals surface area contributed by atoms with Crippen LogP contribution in [0.5, 0.6) is 0 Å². The lowest BCUT2D eigenvalue weighted by atomic mass is 10.1. The highest BCUT2D eigenvalue weighted by Gasteiger charge is 2.13. The minimum absolute atomic E-state index is 0.152. The van der Waals surface area contributed by atoms with Crippen molar-refractivity contribution in [3.63, 3.8) is 0 Å². The summed E-state index contributed by atoms with van der Waals surface area (Å²) in [5.41, 5.74) is 2.90. The number of nitrogens with zero attached hydrogens (tertiary/aromatic N) is 4. The van der Waals surface area contributed by atoms with Gasteiger partial charge in [0.1, 0.15) is 0 Å². The third-order valence-electron chi connectivity index (χ3n) is 4.36. The van der Waals surface area contributed by atoms with E-state index in [4.69, 9.17) is 4.42 Å². The van der Waals surface area contributed by atoms with Crippen molar-refractivity contribution in [2.24, 2.45) is 0 Å². The second kappa shape index (κ2) is 7.84. The second-order valence-corrected chi connectivity index (χ2v) is 7.44. The van der Waals surface area contributed by atoms with Crippen LogP contribution in [-0.4, -0.2) is 25.1 Å². The van der Waals surface area contributed by atoms with Gasteiger partial charge in [0.15, 0.2) is 11.4 Å². The zero-order valence-electron chi connectivity index (χ0n) is 15.6. The SMILES string of the molecule is O=C(Nc1cccc(-c2ccc3nnc(-c4ccco4)n3n2)c1)Sc1ccccc1. The molecule has 0 radical (unpaired) electrons. The van der Waals surface area contributed by atoms with Gasteiger partial charge in [-0.15, -0.1) is 10.2 Å². The lowest BCUT2D eigenvalue weighted by molar-refractivity contribution is 0.270. The summed E-state index contributed by atoms with van der Waals surface area (Å²) < 4.78 is 7.07. The maximum Gasteiger partial charge on any atom is 0.288 e. The van der Waals surface area contributed by atoms with Gasteiger partial charge in [0, 0.05) is 16.1 Å². The molecule has 7 nitrogen and oxygen atoms in total. The van der Waals surface area contributed by atoms with Gasteiger partial charge >= 0.3 is 0 Å². The van der Waals surface area contributed by atoms with Crippen LogP contribution < -0.4 is 5.32 Å². The summed E-state index contributed by atoms with van der Waals surface area (Å²) >= 11 is 1.15. The van der Waals surface area contributed by atoms with Crippen LogP contribution in [0.1, 0.15) is 0 Å². The number of nitrogens with one attached hydrogen (secondary N) is 1. The molecule has 1 amide bonds. The first-order valence-electron chi connectivity index (χ1n) is 9.17. The Morgan fingerprint density at radius 3 is 2.67 bits per heavy atom. The van der Waals surface area contributed by atoms with E-state index in [0.29, 0.717) is 22.9 Å². The van der Waals surface area contributed by atoms with Crippen LogP contribution in [0, 0.1) is 0 Å². The van der Waals surface area contributed by atoms with Crippen LogP contribution >= 0.6 is 11.8 Å². The third-order valence-corrected chi connectivity index (χ3v) is 5.16. The number of rotatable bonds is 4. The van der Waals surface area contributed by atoms with Crippen molar-refractivity contribution >= 4 is 28.3 Å².